The Morgan fingerprint density at radius 1 is 1.36 bits per heavy atom. The van der Waals surface area contributed by atoms with Crippen LogP contribution >= 0.6 is 0 Å². The first-order valence-corrected chi connectivity index (χ1v) is 9.61. The molecule has 2 aromatic rings. The van der Waals surface area contributed by atoms with Crippen molar-refractivity contribution in [2.24, 2.45) is 5.92 Å². The molecule has 0 radical (unpaired) electrons. The van der Waals surface area contributed by atoms with E-state index in [-0.39, 0.29) is 11.7 Å². The van der Waals surface area contributed by atoms with Crippen LogP contribution in [0.3, 0.4) is 0 Å². The number of ether oxygens (including phenoxy) is 1. The maximum Gasteiger partial charge on any atom is 0.291 e. The number of amides is 2. The largest absolute Gasteiger partial charge is 0.381 e. The summed E-state index contributed by atoms with van der Waals surface area (Å²) in [7, 11) is 1.69. The lowest BCUT2D eigenvalue weighted by Gasteiger charge is -2.21. The molecule has 0 saturated carbocycles. The number of carbonyl (C=O) groups excluding carboxylic acids is 2. The second-order valence-electron chi connectivity index (χ2n) is 7.45. The molecule has 2 aliphatic heterocycles. The van der Waals surface area contributed by atoms with Crippen LogP contribution in [0.5, 0.6) is 0 Å². The molecule has 2 amide bonds. The Morgan fingerprint density at radius 2 is 2.21 bits per heavy atom. The highest BCUT2D eigenvalue weighted by atomic mass is 16.5. The van der Waals surface area contributed by atoms with Crippen molar-refractivity contribution in [2.45, 2.75) is 45.3 Å². The average molecular weight is 387 g/mol. The van der Waals surface area contributed by atoms with Crippen molar-refractivity contribution in [3.63, 3.8) is 0 Å². The molecular weight excluding hydrogens is 362 g/mol. The highest BCUT2D eigenvalue weighted by Crippen LogP contribution is 2.21. The number of hydrogen-bond donors (Lipinski definition) is 1. The molecule has 1 N–H and O–H groups in total. The van der Waals surface area contributed by atoms with Gasteiger partial charge in [0.2, 0.25) is 5.82 Å². The number of likely N-dealkylation sites (N-methyl/N-ethyl adjacent to an activating group) is 1. The van der Waals surface area contributed by atoms with Crippen LogP contribution in [0.4, 0.5) is 5.82 Å². The number of fused-ring (bicyclic) bond motifs is 1. The molecular formula is C18H25N7O3. The number of carbonyl (C=O) groups is 2. The Bertz CT molecular complexity index is 868. The molecule has 2 atom stereocenters. The van der Waals surface area contributed by atoms with Crippen molar-refractivity contribution in [1.82, 2.24) is 29.9 Å². The van der Waals surface area contributed by atoms with Gasteiger partial charge in [-0.25, -0.2) is 9.67 Å². The van der Waals surface area contributed by atoms with Gasteiger partial charge < -0.3 is 10.1 Å². The number of hydrogen-bond acceptors (Lipinski definition) is 6. The third kappa shape index (κ3) is 3.77. The van der Waals surface area contributed by atoms with Gasteiger partial charge in [0, 0.05) is 38.7 Å². The van der Waals surface area contributed by atoms with E-state index in [0.717, 1.165) is 31.0 Å². The average Bonchev–Trinajstić information content (AvgIpc) is 3.28. The van der Waals surface area contributed by atoms with E-state index in [2.05, 4.69) is 20.5 Å². The molecule has 2 aromatic heterocycles. The van der Waals surface area contributed by atoms with Crippen LogP contribution in [0.15, 0.2) is 12.4 Å². The molecule has 28 heavy (non-hydrogen) atoms. The predicted molar refractivity (Wildman–Crippen MR) is 99.8 cm³/mol. The molecule has 0 aromatic carbocycles. The van der Waals surface area contributed by atoms with Gasteiger partial charge in [0.1, 0.15) is 18.2 Å². The molecule has 1 fully saturated rings. The lowest BCUT2D eigenvalue weighted by Crippen LogP contribution is -2.47. The fourth-order valence-electron chi connectivity index (χ4n) is 3.75. The summed E-state index contributed by atoms with van der Waals surface area (Å²) in [6.45, 7) is 4.63. The summed E-state index contributed by atoms with van der Waals surface area (Å²) in [6, 6.07) is 1.22. The van der Waals surface area contributed by atoms with E-state index < -0.39 is 11.9 Å². The first-order valence-electron chi connectivity index (χ1n) is 9.61. The lowest BCUT2D eigenvalue weighted by atomic mass is 10.0. The van der Waals surface area contributed by atoms with Crippen LogP contribution in [0.25, 0.3) is 0 Å². The molecule has 0 spiro atoms. The zero-order chi connectivity index (χ0) is 19.7. The molecule has 0 aliphatic carbocycles. The third-order valence-corrected chi connectivity index (χ3v) is 5.23. The lowest BCUT2D eigenvalue weighted by molar-refractivity contribution is -0.120. The third-order valence-electron chi connectivity index (χ3n) is 5.23. The molecule has 4 heterocycles. The Labute approximate surface area is 162 Å². The summed E-state index contributed by atoms with van der Waals surface area (Å²) in [5, 5.41) is 11.4. The summed E-state index contributed by atoms with van der Waals surface area (Å²) in [5.74, 6) is 0.572. The van der Waals surface area contributed by atoms with E-state index in [9.17, 15) is 9.59 Å². The molecule has 0 bridgehead atoms. The zero-order valence-electron chi connectivity index (χ0n) is 16.2. The number of nitrogens with one attached hydrogen (secondary N) is 1. The Morgan fingerprint density at radius 3 is 3.00 bits per heavy atom. The van der Waals surface area contributed by atoms with Crippen LogP contribution in [0.2, 0.25) is 0 Å². The van der Waals surface area contributed by atoms with E-state index in [1.807, 2.05) is 13.0 Å². The molecule has 10 nitrogen and oxygen atoms in total. The quantitative estimate of drug-likeness (QED) is 0.812. The molecule has 1 unspecified atom stereocenters. The van der Waals surface area contributed by atoms with Crippen LogP contribution in [-0.2, 0) is 22.6 Å². The Hall–Kier alpha value is -2.75. The topological polar surface area (TPSA) is 107 Å². The summed E-state index contributed by atoms with van der Waals surface area (Å²) in [5.41, 5.74) is 0.857. The molecule has 1 saturated heterocycles. The highest BCUT2D eigenvalue weighted by Gasteiger charge is 2.31. The van der Waals surface area contributed by atoms with Crippen molar-refractivity contribution in [3.8, 4) is 0 Å². The fourth-order valence-corrected chi connectivity index (χ4v) is 3.75. The van der Waals surface area contributed by atoms with Crippen LogP contribution in [0.1, 0.15) is 35.6 Å². The number of nitrogens with zero attached hydrogens (tertiary/aromatic N) is 6. The van der Waals surface area contributed by atoms with Crippen molar-refractivity contribution >= 4 is 17.6 Å². The van der Waals surface area contributed by atoms with Gasteiger partial charge in [0.25, 0.3) is 11.8 Å². The fraction of sp³-hybridized carbons (Fsp3) is 0.611. The Balaban J connectivity index is 1.39. The maximum atomic E-state index is 12.8. The van der Waals surface area contributed by atoms with Gasteiger partial charge in [0.15, 0.2) is 0 Å². The van der Waals surface area contributed by atoms with Gasteiger partial charge in [-0.05, 0) is 26.2 Å². The van der Waals surface area contributed by atoms with Crippen LogP contribution < -0.4 is 10.2 Å². The maximum absolute atomic E-state index is 12.8. The smallest absolute Gasteiger partial charge is 0.291 e. The summed E-state index contributed by atoms with van der Waals surface area (Å²) in [6.07, 6.45) is 4.14. The first kappa shape index (κ1) is 18.6. The van der Waals surface area contributed by atoms with Gasteiger partial charge in [-0.3, -0.25) is 19.2 Å². The first-order chi connectivity index (χ1) is 13.5. The van der Waals surface area contributed by atoms with E-state index >= 15 is 0 Å². The SMILES string of the molecule is Cc1cc2n(n1)CC[C@H](NC(=O)c1ncn(CC3CCCOC3)n1)C(=O)N2C. The number of aromatic nitrogens is 5. The van der Waals surface area contributed by atoms with Crippen molar-refractivity contribution in [1.29, 1.82) is 0 Å². The van der Waals surface area contributed by atoms with E-state index in [4.69, 9.17) is 4.74 Å². The van der Waals surface area contributed by atoms with E-state index in [1.165, 1.54) is 4.90 Å². The zero-order valence-corrected chi connectivity index (χ0v) is 16.2. The molecule has 10 heteroatoms. The summed E-state index contributed by atoms with van der Waals surface area (Å²) >= 11 is 0. The van der Waals surface area contributed by atoms with E-state index in [0.29, 0.717) is 32.0 Å². The minimum atomic E-state index is -0.641. The van der Waals surface area contributed by atoms with Gasteiger partial charge >= 0.3 is 0 Å². The highest BCUT2D eigenvalue weighted by molar-refractivity contribution is 6.00. The van der Waals surface area contributed by atoms with Crippen LogP contribution in [0, 0.1) is 12.8 Å². The number of rotatable bonds is 4. The van der Waals surface area contributed by atoms with Gasteiger partial charge in [-0.1, -0.05) is 0 Å². The Kier molecular flexibility index (Phi) is 5.12. The summed E-state index contributed by atoms with van der Waals surface area (Å²) in [4.78, 5) is 31.0. The monoisotopic (exact) mass is 387 g/mol. The number of anilines is 1. The van der Waals surface area contributed by atoms with Crippen molar-refractivity contribution in [2.75, 3.05) is 25.2 Å². The standard InChI is InChI=1S/C18H25N7O3/c1-12-8-15-23(2)18(27)14(5-6-25(15)21-12)20-17(26)16-19-11-24(22-16)9-13-4-3-7-28-10-13/h8,11,13-14H,3-7,9-10H2,1-2H3,(H,20,26)/t13?,14-/m0/s1. The normalized spacial score (nSPS) is 22.6. The second kappa shape index (κ2) is 7.70. The molecule has 4 rings (SSSR count). The number of aryl methyl sites for hydroxylation is 2. The van der Waals surface area contributed by atoms with Gasteiger partial charge in [-0.2, -0.15) is 5.10 Å². The van der Waals surface area contributed by atoms with Gasteiger partial charge in [0.05, 0.1) is 12.3 Å². The minimum absolute atomic E-state index is 0.0741. The second-order valence-corrected chi connectivity index (χ2v) is 7.45. The van der Waals surface area contributed by atoms with Gasteiger partial charge in [-0.15, -0.1) is 5.10 Å². The van der Waals surface area contributed by atoms with Crippen LogP contribution in [-0.4, -0.2) is 62.7 Å². The van der Waals surface area contributed by atoms with E-state index in [1.54, 1.807) is 22.7 Å². The van der Waals surface area contributed by atoms with Crippen molar-refractivity contribution < 1.29 is 14.3 Å². The summed E-state index contributed by atoms with van der Waals surface area (Å²) < 4.78 is 8.94. The molecule has 150 valence electrons. The predicted octanol–water partition coefficient (Wildman–Crippen LogP) is 0.375. The minimum Gasteiger partial charge on any atom is -0.381 e. The molecule has 2 aliphatic rings. The van der Waals surface area contributed by atoms with Crippen molar-refractivity contribution in [3.05, 3.63) is 23.9 Å².